The summed E-state index contributed by atoms with van der Waals surface area (Å²) in [5.74, 6) is 5.83. The van der Waals surface area contributed by atoms with E-state index in [4.69, 9.17) is 10.6 Å². The summed E-state index contributed by atoms with van der Waals surface area (Å²) in [7, 11) is 1.64. The molecule has 0 saturated heterocycles. The molecule has 0 amide bonds. The van der Waals surface area contributed by atoms with E-state index < -0.39 is 0 Å². The molecular formula is C10H18N6O. The summed E-state index contributed by atoms with van der Waals surface area (Å²) in [6, 6.07) is 0. The first kappa shape index (κ1) is 13.3. The molecule has 94 valence electrons. The van der Waals surface area contributed by atoms with Gasteiger partial charge in [-0.25, -0.2) is 10.8 Å². The van der Waals surface area contributed by atoms with Crippen LogP contribution in [0.1, 0.15) is 11.4 Å². The van der Waals surface area contributed by atoms with E-state index in [-0.39, 0.29) is 0 Å². The molecule has 0 saturated carbocycles. The summed E-state index contributed by atoms with van der Waals surface area (Å²) >= 11 is 0. The Morgan fingerprint density at radius 2 is 2.29 bits per heavy atom. The molecule has 1 rings (SSSR count). The summed E-state index contributed by atoms with van der Waals surface area (Å²) in [4.78, 5) is 12.6. The highest BCUT2D eigenvalue weighted by atomic mass is 16.5. The fourth-order valence-electron chi connectivity index (χ4n) is 1.09. The summed E-state index contributed by atoms with van der Waals surface area (Å²) in [5.41, 5.74) is 4.15. The lowest BCUT2D eigenvalue weighted by molar-refractivity contribution is 0.203. The zero-order chi connectivity index (χ0) is 12.5. The maximum Gasteiger partial charge on any atom is 0.206 e. The van der Waals surface area contributed by atoms with Gasteiger partial charge in [0.15, 0.2) is 0 Å². The number of ether oxygens (including phenoxy) is 1. The maximum atomic E-state index is 5.32. The van der Waals surface area contributed by atoms with Crippen molar-refractivity contribution in [3.05, 3.63) is 23.8 Å². The topological polar surface area (TPSA) is 97.4 Å². The van der Waals surface area contributed by atoms with Gasteiger partial charge in [-0.15, -0.1) is 0 Å². The number of methoxy groups -OCH3 is 1. The van der Waals surface area contributed by atoms with Crippen LogP contribution in [0.4, 0.5) is 0 Å². The highest BCUT2D eigenvalue weighted by Crippen LogP contribution is 1.95. The maximum absolute atomic E-state index is 5.32. The van der Waals surface area contributed by atoms with Crippen LogP contribution in [-0.4, -0.2) is 36.2 Å². The smallest absolute Gasteiger partial charge is 0.206 e. The monoisotopic (exact) mass is 238 g/mol. The lowest BCUT2D eigenvalue weighted by atomic mass is 10.4. The van der Waals surface area contributed by atoms with E-state index in [0.717, 1.165) is 11.4 Å². The van der Waals surface area contributed by atoms with Crippen molar-refractivity contribution in [2.45, 2.75) is 13.5 Å². The van der Waals surface area contributed by atoms with Crippen LogP contribution in [0.3, 0.4) is 0 Å². The highest BCUT2D eigenvalue weighted by Gasteiger charge is 1.97. The van der Waals surface area contributed by atoms with Crippen molar-refractivity contribution in [2.24, 2.45) is 10.8 Å². The van der Waals surface area contributed by atoms with Crippen molar-refractivity contribution < 1.29 is 4.74 Å². The van der Waals surface area contributed by atoms with Crippen molar-refractivity contribution in [1.82, 2.24) is 20.7 Å². The van der Waals surface area contributed by atoms with Crippen molar-refractivity contribution >= 4 is 5.96 Å². The third-order valence-electron chi connectivity index (χ3n) is 1.97. The largest absolute Gasteiger partial charge is 0.383 e. The van der Waals surface area contributed by atoms with Gasteiger partial charge in [0.2, 0.25) is 5.96 Å². The molecule has 0 unspecified atom stereocenters. The Labute approximate surface area is 100 Å². The molecule has 0 atom stereocenters. The molecule has 17 heavy (non-hydrogen) atoms. The molecule has 0 bridgehead atoms. The van der Waals surface area contributed by atoms with Crippen molar-refractivity contribution in [2.75, 3.05) is 20.3 Å². The van der Waals surface area contributed by atoms with E-state index in [9.17, 15) is 0 Å². The number of guanidine groups is 1. The number of hydrogen-bond donors (Lipinski definition) is 3. The highest BCUT2D eigenvalue weighted by molar-refractivity contribution is 5.79. The lowest BCUT2D eigenvalue weighted by Crippen LogP contribution is -2.42. The first-order chi connectivity index (χ1) is 8.26. The lowest BCUT2D eigenvalue weighted by Gasteiger charge is -2.08. The van der Waals surface area contributed by atoms with Gasteiger partial charge in [0, 0.05) is 19.9 Å². The van der Waals surface area contributed by atoms with Crippen LogP contribution >= 0.6 is 0 Å². The number of rotatable bonds is 5. The molecule has 0 fully saturated rings. The molecule has 0 aromatic carbocycles. The molecule has 0 spiro atoms. The van der Waals surface area contributed by atoms with E-state index in [1.807, 2.05) is 6.92 Å². The second-order valence-corrected chi connectivity index (χ2v) is 3.38. The molecule has 0 aliphatic heterocycles. The molecule has 0 aliphatic carbocycles. The van der Waals surface area contributed by atoms with E-state index in [1.165, 1.54) is 0 Å². The predicted molar refractivity (Wildman–Crippen MR) is 65.1 cm³/mol. The molecule has 7 nitrogen and oxygen atoms in total. The third-order valence-corrected chi connectivity index (χ3v) is 1.97. The second-order valence-electron chi connectivity index (χ2n) is 3.38. The number of nitrogens with two attached hydrogens (primary N) is 1. The van der Waals surface area contributed by atoms with Crippen molar-refractivity contribution in [3.63, 3.8) is 0 Å². The molecule has 1 heterocycles. The van der Waals surface area contributed by atoms with Gasteiger partial charge in [0.1, 0.15) is 0 Å². The van der Waals surface area contributed by atoms with E-state index in [0.29, 0.717) is 25.7 Å². The SMILES string of the molecule is COCCNC(=NCc1cnc(C)cn1)NN. The van der Waals surface area contributed by atoms with Gasteiger partial charge in [0.05, 0.1) is 30.7 Å². The fourth-order valence-corrected chi connectivity index (χ4v) is 1.09. The Morgan fingerprint density at radius 1 is 1.47 bits per heavy atom. The fraction of sp³-hybridized carbons (Fsp3) is 0.500. The van der Waals surface area contributed by atoms with Gasteiger partial charge in [0.25, 0.3) is 0 Å². The van der Waals surface area contributed by atoms with E-state index >= 15 is 0 Å². The van der Waals surface area contributed by atoms with Crippen LogP contribution < -0.4 is 16.6 Å². The molecule has 4 N–H and O–H groups in total. The van der Waals surface area contributed by atoms with Crippen molar-refractivity contribution in [1.29, 1.82) is 0 Å². The predicted octanol–water partition coefficient (Wildman–Crippen LogP) is -0.660. The van der Waals surface area contributed by atoms with Crippen LogP contribution in [0.2, 0.25) is 0 Å². The third kappa shape index (κ3) is 5.23. The number of nitrogens with one attached hydrogen (secondary N) is 2. The van der Waals surface area contributed by atoms with Gasteiger partial charge in [-0.05, 0) is 6.92 Å². The van der Waals surface area contributed by atoms with Gasteiger partial charge in [-0.2, -0.15) is 0 Å². The molecule has 1 aromatic rings. The summed E-state index contributed by atoms with van der Waals surface area (Å²) in [6.07, 6.45) is 3.40. The minimum absolute atomic E-state index is 0.423. The van der Waals surface area contributed by atoms with Gasteiger partial charge >= 0.3 is 0 Å². The Bertz CT molecular complexity index is 350. The average Bonchev–Trinajstić information content (AvgIpc) is 2.35. The molecule has 7 heteroatoms. The Morgan fingerprint density at radius 3 is 2.88 bits per heavy atom. The zero-order valence-corrected chi connectivity index (χ0v) is 10.1. The second kappa shape index (κ2) is 7.53. The normalized spacial score (nSPS) is 11.4. The molecule has 0 radical (unpaired) electrons. The molecular weight excluding hydrogens is 220 g/mol. The number of nitrogens with zero attached hydrogens (tertiary/aromatic N) is 3. The average molecular weight is 238 g/mol. The van der Waals surface area contributed by atoms with Crippen LogP contribution in [0.25, 0.3) is 0 Å². The van der Waals surface area contributed by atoms with E-state index in [2.05, 4.69) is 25.7 Å². The Hall–Kier alpha value is -1.73. The quantitative estimate of drug-likeness (QED) is 0.207. The zero-order valence-electron chi connectivity index (χ0n) is 10.1. The minimum Gasteiger partial charge on any atom is -0.383 e. The number of aromatic nitrogens is 2. The van der Waals surface area contributed by atoms with Crippen LogP contribution in [0, 0.1) is 6.92 Å². The first-order valence-corrected chi connectivity index (χ1v) is 5.27. The standard InChI is InChI=1S/C10H18N6O/c1-8-5-14-9(6-13-8)7-15-10(16-11)12-3-4-17-2/h5-6H,3-4,7,11H2,1-2H3,(H2,12,15,16). The van der Waals surface area contributed by atoms with Crippen molar-refractivity contribution in [3.8, 4) is 0 Å². The summed E-state index contributed by atoms with van der Waals surface area (Å²) in [5, 5.41) is 2.99. The molecule has 1 aromatic heterocycles. The van der Waals surface area contributed by atoms with Gasteiger partial charge in [-0.1, -0.05) is 0 Å². The number of hydrazine groups is 1. The first-order valence-electron chi connectivity index (χ1n) is 5.27. The summed E-state index contributed by atoms with van der Waals surface area (Å²) < 4.78 is 4.90. The van der Waals surface area contributed by atoms with Gasteiger partial charge < -0.3 is 10.1 Å². The van der Waals surface area contributed by atoms with Gasteiger partial charge in [-0.3, -0.25) is 15.4 Å². The van der Waals surface area contributed by atoms with Crippen LogP contribution in [0.15, 0.2) is 17.4 Å². The van der Waals surface area contributed by atoms with Crippen LogP contribution in [-0.2, 0) is 11.3 Å². The Kier molecular flexibility index (Phi) is 5.91. The number of aliphatic imine (C=N–C) groups is 1. The number of aryl methyl sites for hydroxylation is 1. The molecule has 0 aliphatic rings. The number of hydrogen-bond acceptors (Lipinski definition) is 5. The van der Waals surface area contributed by atoms with E-state index in [1.54, 1.807) is 19.5 Å². The minimum atomic E-state index is 0.423. The Balaban J connectivity index is 2.46. The van der Waals surface area contributed by atoms with Crippen LogP contribution in [0.5, 0.6) is 0 Å². The summed E-state index contributed by atoms with van der Waals surface area (Å²) in [6.45, 7) is 3.54.